The fourth-order valence-electron chi connectivity index (χ4n) is 8.91. The lowest BCUT2D eigenvalue weighted by Gasteiger charge is -2.63. The van der Waals surface area contributed by atoms with Crippen molar-refractivity contribution < 1.29 is 32.8 Å². The normalized spacial score (nSPS) is 44.2. The van der Waals surface area contributed by atoms with Crippen LogP contribution >= 0.6 is 0 Å². The molecular weight excluding hydrogens is 470 g/mol. The second kappa shape index (κ2) is 9.69. The van der Waals surface area contributed by atoms with Gasteiger partial charge in [0.15, 0.2) is 0 Å². The first kappa shape index (κ1) is 27.0. The van der Waals surface area contributed by atoms with Gasteiger partial charge in [-0.3, -0.25) is 14.1 Å². The van der Waals surface area contributed by atoms with Gasteiger partial charge in [0.05, 0.1) is 18.0 Å². The minimum Gasteiger partial charge on any atom is -0.393 e. The molecule has 0 aromatic heterocycles. The lowest BCUT2D eigenvalue weighted by molar-refractivity contribution is -0.201. The van der Waals surface area contributed by atoms with Crippen LogP contribution in [-0.4, -0.2) is 59.4 Å². The van der Waals surface area contributed by atoms with Gasteiger partial charge in [-0.1, -0.05) is 20.8 Å². The molecule has 0 unspecified atom stereocenters. The highest BCUT2D eigenvalue weighted by molar-refractivity contribution is 7.85. The van der Waals surface area contributed by atoms with E-state index in [0.29, 0.717) is 37.9 Å². The minimum absolute atomic E-state index is 0.00996. The maximum Gasteiger partial charge on any atom is 0.266 e. The van der Waals surface area contributed by atoms with E-state index in [0.717, 1.165) is 19.3 Å². The molecule has 4 aliphatic rings. The van der Waals surface area contributed by atoms with Crippen LogP contribution in [0.25, 0.3) is 0 Å². The van der Waals surface area contributed by atoms with E-state index in [9.17, 15) is 28.2 Å². The number of aliphatic hydroxyl groups is 2. The molecule has 8 nitrogen and oxygen atoms in total. The van der Waals surface area contributed by atoms with Crippen LogP contribution in [0.4, 0.5) is 0 Å². The van der Waals surface area contributed by atoms with Crippen LogP contribution in [0.2, 0.25) is 0 Å². The Kier molecular flexibility index (Phi) is 7.48. The molecule has 0 aliphatic heterocycles. The Morgan fingerprint density at radius 2 is 1.89 bits per heavy atom. The largest absolute Gasteiger partial charge is 0.393 e. The number of hydrogen-bond acceptors (Lipinski definition) is 6. The van der Waals surface area contributed by atoms with Crippen molar-refractivity contribution in [3.63, 3.8) is 0 Å². The van der Waals surface area contributed by atoms with E-state index in [1.165, 1.54) is 0 Å². The molecule has 0 aromatic carbocycles. The summed E-state index contributed by atoms with van der Waals surface area (Å²) in [4.78, 5) is 24.4. The summed E-state index contributed by atoms with van der Waals surface area (Å²) in [5.41, 5.74) is -0.333. The Hall–Kier alpha value is -1.03. The predicted molar refractivity (Wildman–Crippen MR) is 131 cm³/mol. The molecule has 4 N–H and O–H groups in total. The van der Waals surface area contributed by atoms with Crippen molar-refractivity contribution in [3.05, 3.63) is 0 Å². The third-order valence-corrected chi connectivity index (χ3v) is 11.6. The van der Waals surface area contributed by atoms with Crippen molar-refractivity contribution >= 4 is 21.8 Å². The summed E-state index contributed by atoms with van der Waals surface area (Å²) in [6.45, 7) is 6.49. The number of rotatable bonds is 7. The van der Waals surface area contributed by atoms with Gasteiger partial charge in [-0.25, -0.2) is 0 Å². The molecule has 9 heteroatoms. The Morgan fingerprint density at radius 3 is 2.57 bits per heavy atom. The molecule has 0 bridgehead atoms. The van der Waals surface area contributed by atoms with Crippen LogP contribution in [0.15, 0.2) is 0 Å². The van der Waals surface area contributed by atoms with Gasteiger partial charge < -0.3 is 15.5 Å². The van der Waals surface area contributed by atoms with E-state index in [2.05, 4.69) is 26.1 Å². The lowest BCUT2D eigenvalue weighted by Crippen LogP contribution is -2.62. The number of nitrogens with one attached hydrogen (secondary N) is 1. The van der Waals surface area contributed by atoms with Crippen molar-refractivity contribution in [1.82, 2.24) is 5.32 Å². The summed E-state index contributed by atoms with van der Waals surface area (Å²) in [6.07, 6.45) is 5.25. The van der Waals surface area contributed by atoms with Crippen molar-refractivity contribution in [2.75, 3.05) is 12.3 Å². The first-order valence-electron chi connectivity index (χ1n) is 13.4. The highest BCUT2D eigenvalue weighted by Gasteiger charge is 2.65. The summed E-state index contributed by atoms with van der Waals surface area (Å²) in [7, 11) is -4.10. The van der Waals surface area contributed by atoms with Gasteiger partial charge in [-0.15, -0.1) is 0 Å². The van der Waals surface area contributed by atoms with E-state index in [1.54, 1.807) is 0 Å². The molecule has 200 valence electrons. The average molecular weight is 514 g/mol. The highest BCUT2D eigenvalue weighted by atomic mass is 32.2. The van der Waals surface area contributed by atoms with Crippen LogP contribution in [-0.2, 0) is 19.7 Å². The highest BCUT2D eigenvalue weighted by Crippen LogP contribution is 2.68. The molecule has 0 radical (unpaired) electrons. The zero-order chi connectivity index (χ0) is 25.8. The maximum atomic E-state index is 12.2. The molecule has 0 heterocycles. The molecule has 0 spiro atoms. The lowest BCUT2D eigenvalue weighted by atomic mass is 9.43. The van der Waals surface area contributed by atoms with Crippen LogP contribution in [0, 0.1) is 46.3 Å². The fourth-order valence-corrected chi connectivity index (χ4v) is 9.27. The smallest absolute Gasteiger partial charge is 0.266 e. The van der Waals surface area contributed by atoms with E-state index in [4.69, 9.17) is 4.55 Å². The van der Waals surface area contributed by atoms with Gasteiger partial charge in [-0.05, 0) is 84.9 Å². The zero-order valence-corrected chi connectivity index (χ0v) is 22.1. The van der Waals surface area contributed by atoms with E-state index in [-0.39, 0.29) is 65.2 Å². The molecule has 0 saturated heterocycles. The maximum absolute atomic E-state index is 12.2. The molecular formula is C26H43NO7S. The molecule has 4 aliphatic carbocycles. The summed E-state index contributed by atoms with van der Waals surface area (Å²) in [5, 5.41) is 25.5. The van der Waals surface area contributed by atoms with Gasteiger partial charge in [0.25, 0.3) is 10.1 Å². The Morgan fingerprint density at radius 1 is 1.17 bits per heavy atom. The molecule has 1 amide bonds. The van der Waals surface area contributed by atoms with Crippen molar-refractivity contribution in [2.45, 2.75) is 90.8 Å². The number of ketones is 1. The van der Waals surface area contributed by atoms with Gasteiger partial charge in [0.2, 0.25) is 5.91 Å². The first-order chi connectivity index (χ1) is 16.3. The van der Waals surface area contributed by atoms with Gasteiger partial charge in [0, 0.05) is 25.8 Å². The number of hydrogen-bond donors (Lipinski definition) is 4. The SMILES string of the molecule is C[C@H](CCC(=O)NCCS(=O)(=O)O)[C@H]1CC[C@@H]2[C@@H]3[C@H](O)C[C@@H]4CC(=O)CC[C@]4(C)[C@H]3C[C@H](O)[C@@]21C. The quantitative estimate of drug-likeness (QED) is 0.383. The molecule has 0 aromatic rings. The molecule has 4 saturated carbocycles. The number of carbonyl (C=O) groups excluding carboxylic acids is 2. The number of aliphatic hydroxyl groups excluding tert-OH is 2. The summed E-state index contributed by atoms with van der Waals surface area (Å²) < 4.78 is 30.5. The average Bonchev–Trinajstić information content (AvgIpc) is 3.12. The second-order valence-corrected chi connectivity index (χ2v) is 14.1. The Bertz CT molecular complexity index is 938. The molecule has 10 atom stereocenters. The van der Waals surface area contributed by atoms with E-state index >= 15 is 0 Å². The van der Waals surface area contributed by atoms with E-state index < -0.39 is 28.1 Å². The number of carbonyl (C=O) groups is 2. The molecule has 35 heavy (non-hydrogen) atoms. The molecule has 4 rings (SSSR count). The predicted octanol–water partition coefficient (Wildman–Crippen LogP) is 2.58. The van der Waals surface area contributed by atoms with Gasteiger partial charge >= 0.3 is 0 Å². The minimum atomic E-state index is -4.10. The topological polar surface area (TPSA) is 141 Å². The number of amides is 1. The van der Waals surface area contributed by atoms with Gasteiger partial charge in [-0.2, -0.15) is 8.42 Å². The Balaban J connectivity index is 1.44. The summed E-state index contributed by atoms with van der Waals surface area (Å²) in [6, 6.07) is 0. The monoisotopic (exact) mass is 513 g/mol. The Labute approximate surface area is 209 Å². The third kappa shape index (κ3) is 4.94. The summed E-state index contributed by atoms with van der Waals surface area (Å²) >= 11 is 0. The van der Waals surface area contributed by atoms with Crippen LogP contribution in [0.1, 0.15) is 78.6 Å². The zero-order valence-electron chi connectivity index (χ0n) is 21.3. The van der Waals surface area contributed by atoms with Gasteiger partial charge in [0.1, 0.15) is 5.78 Å². The van der Waals surface area contributed by atoms with Crippen LogP contribution < -0.4 is 5.32 Å². The second-order valence-electron chi connectivity index (χ2n) is 12.5. The van der Waals surface area contributed by atoms with Crippen LogP contribution in [0.5, 0.6) is 0 Å². The number of fused-ring (bicyclic) bond motifs is 5. The molecule has 4 fully saturated rings. The van der Waals surface area contributed by atoms with Crippen molar-refractivity contribution in [1.29, 1.82) is 0 Å². The van der Waals surface area contributed by atoms with Crippen LogP contribution in [0.3, 0.4) is 0 Å². The van der Waals surface area contributed by atoms with Crippen molar-refractivity contribution in [3.8, 4) is 0 Å². The first-order valence-corrected chi connectivity index (χ1v) is 15.0. The third-order valence-electron chi connectivity index (χ3n) is 10.9. The summed E-state index contributed by atoms with van der Waals surface area (Å²) in [5.74, 6) is 0.777. The van der Waals surface area contributed by atoms with E-state index in [1.807, 2.05) is 0 Å². The standard InChI is InChI=1S/C26H43NO7S/c1-15(4-7-23(31)27-10-11-35(32,33)34)18-5-6-19-24-20(14-22(30)26(18,19)3)25(2)9-8-17(28)12-16(25)13-21(24)29/h15-16,18-22,24,29-30H,4-14H2,1-3H3,(H,27,31)(H,32,33,34)/t15-,16+,18-,19-,20+,21-,22+,24+,25+,26-/m1/s1. The van der Waals surface area contributed by atoms with Crippen molar-refractivity contribution in [2.24, 2.45) is 46.3 Å². The number of Topliss-reactive ketones (excluding diaryl/α,β-unsaturated/α-hetero) is 1. The fraction of sp³-hybridized carbons (Fsp3) is 0.923.